The van der Waals surface area contributed by atoms with E-state index in [0.29, 0.717) is 6.61 Å². The van der Waals surface area contributed by atoms with Gasteiger partial charge in [-0.1, -0.05) is 24.3 Å². The molecule has 146 valence electrons. The van der Waals surface area contributed by atoms with Crippen LogP contribution in [-0.4, -0.2) is 33.1 Å². The molecule has 0 saturated carbocycles. The number of carbonyl (C=O) groups is 1. The lowest BCUT2D eigenvalue weighted by atomic mass is 10.0. The predicted octanol–water partition coefficient (Wildman–Crippen LogP) is 3.10. The number of benzene rings is 2. The van der Waals surface area contributed by atoms with E-state index in [4.69, 9.17) is 4.74 Å². The summed E-state index contributed by atoms with van der Waals surface area (Å²) in [6.07, 6.45) is 1.90. The van der Waals surface area contributed by atoms with E-state index < -0.39 is 0 Å². The van der Waals surface area contributed by atoms with Crippen molar-refractivity contribution < 1.29 is 9.53 Å². The van der Waals surface area contributed by atoms with Gasteiger partial charge in [-0.15, -0.1) is 0 Å². The molecule has 1 amide bonds. The van der Waals surface area contributed by atoms with E-state index in [1.807, 2.05) is 60.4 Å². The normalized spacial score (nSPS) is 16.6. The first-order chi connectivity index (χ1) is 13.6. The molecule has 2 aromatic carbocycles. The lowest BCUT2D eigenvalue weighted by molar-refractivity contribution is -0.132. The highest BCUT2D eigenvalue weighted by Crippen LogP contribution is 2.33. The van der Waals surface area contributed by atoms with Gasteiger partial charge in [0, 0.05) is 13.6 Å². The molecule has 4 rings (SSSR count). The summed E-state index contributed by atoms with van der Waals surface area (Å²) >= 11 is 0. The number of ether oxygens (including phenoxy) is 1. The van der Waals surface area contributed by atoms with Crippen LogP contribution in [0.2, 0.25) is 0 Å². The third-order valence-corrected chi connectivity index (χ3v) is 5.49. The molecule has 0 bridgehead atoms. The first-order valence-corrected chi connectivity index (χ1v) is 9.76. The Morgan fingerprint density at radius 1 is 1.11 bits per heavy atom. The molecule has 6 heteroatoms. The summed E-state index contributed by atoms with van der Waals surface area (Å²) in [5, 5.41) is 0. The molecule has 2 heterocycles. The zero-order valence-corrected chi connectivity index (χ0v) is 16.3. The van der Waals surface area contributed by atoms with Crippen LogP contribution >= 0.6 is 0 Å². The number of aryl methyl sites for hydroxylation is 1. The summed E-state index contributed by atoms with van der Waals surface area (Å²) in [6, 6.07) is 15.6. The van der Waals surface area contributed by atoms with E-state index in [1.54, 1.807) is 16.2 Å². The molecule has 0 spiro atoms. The third-order valence-electron chi connectivity index (χ3n) is 5.49. The van der Waals surface area contributed by atoms with Gasteiger partial charge in [0.1, 0.15) is 12.3 Å². The zero-order valence-electron chi connectivity index (χ0n) is 16.3. The maximum Gasteiger partial charge on any atom is 0.329 e. The molecule has 1 atom stereocenters. The minimum absolute atomic E-state index is 0.0187. The molecule has 28 heavy (non-hydrogen) atoms. The average Bonchev–Trinajstić information content (AvgIpc) is 3.29. The SMILES string of the molecule is CCOc1ccc(C2CCCN2C(=O)Cn2c(=O)n(C)c3ccccc32)cc1. The van der Waals surface area contributed by atoms with Crippen LogP contribution in [-0.2, 0) is 18.4 Å². The second-order valence-electron chi connectivity index (χ2n) is 7.16. The van der Waals surface area contributed by atoms with Gasteiger partial charge in [-0.25, -0.2) is 4.79 Å². The van der Waals surface area contributed by atoms with Crippen molar-refractivity contribution in [3.63, 3.8) is 0 Å². The van der Waals surface area contributed by atoms with Gasteiger partial charge in [0.15, 0.2) is 0 Å². The summed E-state index contributed by atoms with van der Waals surface area (Å²) in [5.41, 5.74) is 2.58. The number of likely N-dealkylation sites (tertiary alicyclic amines) is 1. The number of hydrogen-bond donors (Lipinski definition) is 0. The maximum atomic E-state index is 13.1. The Hall–Kier alpha value is -3.02. The van der Waals surface area contributed by atoms with Crippen molar-refractivity contribution in [3.05, 3.63) is 64.6 Å². The van der Waals surface area contributed by atoms with E-state index in [9.17, 15) is 9.59 Å². The molecule has 0 aliphatic carbocycles. The first-order valence-electron chi connectivity index (χ1n) is 9.76. The van der Waals surface area contributed by atoms with Gasteiger partial charge in [0.2, 0.25) is 5.91 Å². The number of hydrogen-bond acceptors (Lipinski definition) is 3. The Balaban J connectivity index is 1.58. The summed E-state index contributed by atoms with van der Waals surface area (Å²) in [6.45, 7) is 3.37. The van der Waals surface area contributed by atoms with Crippen molar-refractivity contribution in [1.82, 2.24) is 14.0 Å². The van der Waals surface area contributed by atoms with Crippen LogP contribution in [0.3, 0.4) is 0 Å². The molecular weight excluding hydrogens is 354 g/mol. The molecule has 1 fully saturated rings. The van der Waals surface area contributed by atoms with E-state index >= 15 is 0 Å². The Bertz CT molecular complexity index is 1050. The number of amides is 1. The number of nitrogens with zero attached hydrogens (tertiary/aromatic N) is 3. The predicted molar refractivity (Wildman–Crippen MR) is 108 cm³/mol. The van der Waals surface area contributed by atoms with Crippen LogP contribution in [0.25, 0.3) is 11.0 Å². The molecule has 1 saturated heterocycles. The summed E-state index contributed by atoms with van der Waals surface area (Å²) < 4.78 is 8.68. The monoisotopic (exact) mass is 379 g/mol. The summed E-state index contributed by atoms with van der Waals surface area (Å²) in [7, 11) is 1.74. The molecular formula is C22H25N3O3. The quantitative estimate of drug-likeness (QED) is 0.684. The smallest absolute Gasteiger partial charge is 0.329 e. The molecule has 1 unspecified atom stereocenters. The van der Waals surface area contributed by atoms with E-state index in [-0.39, 0.29) is 24.2 Å². The Kier molecular flexibility index (Phi) is 4.94. The highest BCUT2D eigenvalue weighted by atomic mass is 16.5. The van der Waals surface area contributed by atoms with E-state index in [0.717, 1.165) is 41.7 Å². The minimum atomic E-state index is -0.161. The van der Waals surface area contributed by atoms with Gasteiger partial charge in [-0.2, -0.15) is 0 Å². The molecule has 0 N–H and O–H groups in total. The van der Waals surface area contributed by atoms with Crippen molar-refractivity contribution in [2.45, 2.75) is 32.4 Å². The van der Waals surface area contributed by atoms with Gasteiger partial charge >= 0.3 is 5.69 Å². The molecule has 1 aliphatic rings. The van der Waals surface area contributed by atoms with Gasteiger partial charge < -0.3 is 9.64 Å². The fourth-order valence-electron chi connectivity index (χ4n) is 4.11. The van der Waals surface area contributed by atoms with Crippen LogP contribution in [0.5, 0.6) is 5.75 Å². The van der Waals surface area contributed by atoms with Crippen LogP contribution in [0.4, 0.5) is 0 Å². The number of rotatable bonds is 5. The van der Waals surface area contributed by atoms with Crippen molar-refractivity contribution >= 4 is 16.9 Å². The van der Waals surface area contributed by atoms with E-state index in [2.05, 4.69) is 0 Å². The molecule has 1 aromatic heterocycles. The van der Waals surface area contributed by atoms with E-state index in [1.165, 1.54) is 0 Å². The van der Waals surface area contributed by atoms with Crippen LogP contribution < -0.4 is 10.4 Å². The Morgan fingerprint density at radius 2 is 1.82 bits per heavy atom. The first kappa shape index (κ1) is 18.3. The Labute approximate surface area is 163 Å². The second kappa shape index (κ2) is 7.54. The zero-order chi connectivity index (χ0) is 19.7. The van der Waals surface area contributed by atoms with Crippen LogP contribution in [0.1, 0.15) is 31.4 Å². The lowest BCUT2D eigenvalue weighted by Crippen LogP contribution is -2.36. The standard InChI is InChI=1S/C22H25N3O3/c1-3-28-17-12-10-16(11-13-17)18-9-6-14-24(18)21(26)15-25-20-8-5-4-7-19(20)23(2)22(25)27/h4-5,7-8,10-13,18H,3,6,9,14-15H2,1-2H3. The minimum Gasteiger partial charge on any atom is -0.494 e. The number of aromatic nitrogens is 2. The third kappa shape index (κ3) is 3.19. The molecule has 1 aliphatic heterocycles. The fraction of sp³-hybridized carbons (Fsp3) is 0.364. The van der Waals surface area contributed by atoms with Crippen molar-refractivity contribution in [2.24, 2.45) is 7.05 Å². The maximum absolute atomic E-state index is 13.1. The number of para-hydroxylation sites is 2. The topological polar surface area (TPSA) is 56.5 Å². The molecule has 3 aromatic rings. The van der Waals surface area contributed by atoms with Gasteiger partial charge in [-0.3, -0.25) is 13.9 Å². The summed E-state index contributed by atoms with van der Waals surface area (Å²) in [4.78, 5) is 27.6. The fourth-order valence-corrected chi connectivity index (χ4v) is 4.11. The molecule has 0 radical (unpaired) electrons. The largest absolute Gasteiger partial charge is 0.494 e. The van der Waals surface area contributed by atoms with Crippen molar-refractivity contribution in [1.29, 1.82) is 0 Å². The van der Waals surface area contributed by atoms with Gasteiger partial charge in [0.25, 0.3) is 0 Å². The van der Waals surface area contributed by atoms with Gasteiger partial charge in [-0.05, 0) is 49.6 Å². The Morgan fingerprint density at radius 3 is 2.54 bits per heavy atom. The molecule has 6 nitrogen and oxygen atoms in total. The lowest BCUT2D eigenvalue weighted by Gasteiger charge is -2.25. The highest BCUT2D eigenvalue weighted by molar-refractivity contribution is 5.81. The van der Waals surface area contributed by atoms with Crippen molar-refractivity contribution in [3.8, 4) is 5.75 Å². The van der Waals surface area contributed by atoms with Crippen LogP contribution in [0.15, 0.2) is 53.3 Å². The van der Waals surface area contributed by atoms with Crippen molar-refractivity contribution in [2.75, 3.05) is 13.2 Å². The number of fused-ring (bicyclic) bond motifs is 1. The van der Waals surface area contributed by atoms with Crippen LogP contribution in [0, 0.1) is 0 Å². The number of imidazole rings is 1. The summed E-state index contributed by atoms with van der Waals surface area (Å²) in [5.74, 6) is 0.819. The second-order valence-corrected chi connectivity index (χ2v) is 7.16. The van der Waals surface area contributed by atoms with Gasteiger partial charge in [0.05, 0.1) is 23.7 Å². The highest BCUT2D eigenvalue weighted by Gasteiger charge is 2.30. The average molecular weight is 379 g/mol. The number of carbonyl (C=O) groups excluding carboxylic acids is 1.